The molecule has 1 aliphatic carbocycles. The molecule has 2 heterocycles. The van der Waals surface area contributed by atoms with Crippen LogP contribution in [0.15, 0.2) is 29.3 Å². The monoisotopic (exact) mass is 297 g/mol. The van der Waals surface area contributed by atoms with Crippen molar-refractivity contribution < 1.29 is 4.79 Å². The van der Waals surface area contributed by atoms with Crippen LogP contribution < -0.4 is 11.0 Å². The molecule has 1 unspecified atom stereocenters. The quantitative estimate of drug-likeness (QED) is 0.573. The predicted molar refractivity (Wildman–Crippen MR) is 81.7 cm³/mol. The maximum Gasteiger partial charge on any atom is 0.323 e. The number of hydrogen-bond acceptors (Lipinski definition) is 3. The summed E-state index contributed by atoms with van der Waals surface area (Å²) in [4.78, 5) is 36.4. The van der Waals surface area contributed by atoms with Gasteiger partial charge in [0.05, 0.1) is 23.1 Å². The van der Waals surface area contributed by atoms with Gasteiger partial charge in [0, 0.05) is 23.7 Å². The van der Waals surface area contributed by atoms with E-state index in [1.165, 1.54) is 0 Å². The number of aromatic nitrogens is 4. The molecule has 7 nitrogen and oxygen atoms in total. The first kappa shape index (κ1) is 12.9. The van der Waals surface area contributed by atoms with Crippen LogP contribution in [0.25, 0.3) is 11.0 Å². The third-order valence-corrected chi connectivity index (χ3v) is 4.14. The molecule has 1 aliphatic rings. The smallest absolute Gasteiger partial charge is 0.323 e. The van der Waals surface area contributed by atoms with Crippen molar-refractivity contribution in [3.8, 4) is 0 Å². The van der Waals surface area contributed by atoms with Crippen LogP contribution in [0.4, 0.5) is 5.69 Å². The highest BCUT2D eigenvalue weighted by molar-refractivity contribution is 5.94. The Morgan fingerprint density at radius 2 is 2.14 bits per heavy atom. The average molecular weight is 297 g/mol. The molecule has 22 heavy (non-hydrogen) atoms. The number of anilines is 1. The summed E-state index contributed by atoms with van der Waals surface area (Å²) in [6, 6.07) is 5.32. The highest BCUT2D eigenvalue weighted by Crippen LogP contribution is 2.24. The fraction of sp³-hybridized carbons (Fsp3) is 0.267. The summed E-state index contributed by atoms with van der Waals surface area (Å²) in [7, 11) is 0. The van der Waals surface area contributed by atoms with E-state index in [1.807, 2.05) is 0 Å². The first-order chi connectivity index (χ1) is 10.7. The van der Waals surface area contributed by atoms with Gasteiger partial charge in [-0.05, 0) is 31.0 Å². The molecule has 1 amide bonds. The van der Waals surface area contributed by atoms with Gasteiger partial charge >= 0.3 is 5.69 Å². The highest BCUT2D eigenvalue weighted by atomic mass is 16.2. The molecule has 2 aromatic heterocycles. The lowest BCUT2D eigenvalue weighted by Gasteiger charge is -2.20. The Kier molecular flexibility index (Phi) is 2.85. The minimum Gasteiger partial charge on any atom is -0.348 e. The molecule has 0 aliphatic heterocycles. The van der Waals surface area contributed by atoms with Gasteiger partial charge in [-0.1, -0.05) is 0 Å². The van der Waals surface area contributed by atoms with E-state index < -0.39 is 0 Å². The van der Waals surface area contributed by atoms with E-state index in [-0.39, 0.29) is 17.5 Å². The molecule has 0 saturated heterocycles. The van der Waals surface area contributed by atoms with Crippen molar-refractivity contribution >= 4 is 22.6 Å². The van der Waals surface area contributed by atoms with Crippen molar-refractivity contribution in [1.82, 2.24) is 19.9 Å². The van der Waals surface area contributed by atoms with Gasteiger partial charge in [0.15, 0.2) is 0 Å². The minimum absolute atomic E-state index is 0.00233. The molecule has 3 aromatic rings. The predicted octanol–water partition coefficient (Wildman–Crippen LogP) is 1.32. The molecule has 4 N–H and O–H groups in total. The van der Waals surface area contributed by atoms with Gasteiger partial charge in [0.25, 0.3) is 0 Å². The maximum atomic E-state index is 12.4. The molecule has 1 aromatic carbocycles. The molecule has 4 rings (SSSR count). The number of imidazole rings is 2. The Bertz CT molecular complexity index is 904. The third kappa shape index (κ3) is 2.20. The van der Waals surface area contributed by atoms with Gasteiger partial charge < -0.3 is 20.3 Å². The van der Waals surface area contributed by atoms with Gasteiger partial charge in [-0.2, -0.15) is 0 Å². The van der Waals surface area contributed by atoms with Crippen molar-refractivity contribution in [2.75, 3.05) is 5.32 Å². The van der Waals surface area contributed by atoms with Crippen LogP contribution in [0.2, 0.25) is 0 Å². The van der Waals surface area contributed by atoms with Crippen molar-refractivity contribution in [2.24, 2.45) is 5.92 Å². The minimum atomic E-state index is -0.252. The van der Waals surface area contributed by atoms with Gasteiger partial charge in [0.2, 0.25) is 5.91 Å². The largest absolute Gasteiger partial charge is 0.348 e. The van der Waals surface area contributed by atoms with Crippen LogP contribution in [0.1, 0.15) is 17.8 Å². The molecule has 0 fully saturated rings. The van der Waals surface area contributed by atoms with Crippen LogP contribution in [0, 0.1) is 5.92 Å². The number of fused-ring (bicyclic) bond motifs is 2. The molecule has 0 spiro atoms. The van der Waals surface area contributed by atoms with E-state index in [1.54, 1.807) is 24.5 Å². The lowest BCUT2D eigenvalue weighted by atomic mass is 9.89. The Balaban J connectivity index is 1.52. The molecular formula is C15H15N5O2. The number of nitrogens with zero attached hydrogens (tertiary/aromatic N) is 1. The van der Waals surface area contributed by atoms with Crippen molar-refractivity contribution in [2.45, 2.75) is 19.3 Å². The number of rotatable bonds is 2. The number of aryl methyl sites for hydroxylation is 1. The summed E-state index contributed by atoms with van der Waals surface area (Å²) in [5.74, 6) is -0.0635. The normalized spacial score (nSPS) is 17.4. The van der Waals surface area contributed by atoms with Crippen molar-refractivity contribution in [3.63, 3.8) is 0 Å². The van der Waals surface area contributed by atoms with Crippen LogP contribution >= 0.6 is 0 Å². The number of benzene rings is 1. The standard InChI is InChI=1S/C15H15N5O2/c21-14(8-1-3-10-12(5-8)17-7-16-10)18-9-2-4-11-13(6-9)20-15(22)19-11/h2,4,6-8H,1,3,5H2,(H,16,17)(H,18,21)(H2,19,20,22). The van der Waals surface area contributed by atoms with E-state index >= 15 is 0 Å². The fourth-order valence-corrected chi connectivity index (χ4v) is 2.98. The SMILES string of the molecule is O=C(Nc1ccc2[nH]c(=O)[nH]c2c1)C1CCc2nc[nH]c2C1. The summed E-state index contributed by atoms with van der Waals surface area (Å²) in [5, 5.41) is 2.93. The second kappa shape index (κ2) is 4.87. The Morgan fingerprint density at radius 3 is 3.05 bits per heavy atom. The zero-order valence-corrected chi connectivity index (χ0v) is 11.8. The maximum absolute atomic E-state index is 12.4. The number of aromatic amines is 3. The van der Waals surface area contributed by atoms with Crippen molar-refractivity contribution in [1.29, 1.82) is 0 Å². The summed E-state index contributed by atoms with van der Waals surface area (Å²) in [5.41, 5.74) is 3.96. The fourth-order valence-electron chi connectivity index (χ4n) is 2.98. The summed E-state index contributed by atoms with van der Waals surface area (Å²) in [6.45, 7) is 0. The number of H-pyrrole nitrogens is 3. The molecule has 0 saturated carbocycles. The number of nitrogens with one attached hydrogen (secondary N) is 4. The second-order valence-corrected chi connectivity index (χ2v) is 5.60. The number of carbonyl (C=O) groups excluding carboxylic acids is 1. The number of hydrogen-bond donors (Lipinski definition) is 4. The van der Waals surface area contributed by atoms with E-state index in [0.29, 0.717) is 17.6 Å². The Labute approximate surface area is 125 Å². The van der Waals surface area contributed by atoms with Crippen LogP contribution in [0.3, 0.4) is 0 Å². The van der Waals surface area contributed by atoms with Gasteiger partial charge in [-0.15, -0.1) is 0 Å². The zero-order chi connectivity index (χ0) is 15.1. The van der Waals surface area contributed by atoms with Gasteiger partial charge in [-0.3, -0.25) is 4.79 Å². The average Bonchev–Trinajstić information content (AvgIpc) is 3.10. The molecule has 0 radical (unpaired) electrons. The summed E-state index contributed by atoms with van der Waals surface area (Å²) >= 11 is 0. The van der Waals surface area contributed by atoms with Crippen molar-refractivity contribution in [3.05, 3.63) is 46.4 Å². The molecule has 0 bridgehead atoms. The van der Waals surface area contributed by atoms with Crippen LogP contribution in [-0.2, 0) is 17.6 Å². The van der Waals surface area contributed by atoms with Crippen LogP contribution in [-0.4, -0.2) is 25.8 Å². The van der Waals surface area contributed by atoms with E-state index in [0.717, 1.165) is 29.7 Å². The third-order valence-electron chi connectivity index (χ3n) is 4.14. The zero-order valence-electron chi connectivity index (χ0n) is 11.8. The highest BCUT2D eigenvalue weighted by Gasteiger charge is 2.26. The first-order valence-electron chi connectivity index (χ1n) is 7.23. The Hall–Kier alpha value is -2.83. The molecular weight excluding hydrogens is 282 g/mol. The lowest BCUT2D eigenvalue weighted by molar-refractivity contribution is -0.120. The lowest BCUT2D eigenvalue weighted by Crippen LogP contribution is -2.28. The molecule has 112 valence electrons. The second-order valence-electron chi connectivity index (χ2n) is 5.60. The molecule has 1 atom stereocenters. The van der Waals surface area contributed by atoms with Gasteiger partial charge in [0.1, 0.15) is 0 Å². The summed E-state index contributed by atoms with van der Waals surface area (Å²) in [6.07, 6.45) is 3.99. The number of carbonyl (C=O) groups is 1. The first-order valence-corrected chi connectivity index (χ1v) is 7.23. The van der Waals surface area contributed by atoms with E-state index in [2.05, 4.69) is 25.3 Å². The van der Waals surface area contributed by atoms with E-state index in [9.17, 15) is 9.59 Å². The van der Waals surface area contributed by atoms with Gasteiger partial charge in [-0.25, -0.2) is 9.78 Å². The topological polar surface area (TPSA) is 106 Å². The molecule has 7 heteroatoms. The van der Waals surface area contributed by atoms with E-state index in [4.69, 9.17) is 0 Å². The Morgan fingerprint density at radius 1 is 1.27 bits per heavy atom. The number of amides is 1. The summed E-state index contributed by atoms with van der Waals surface area (Å²) < 4.78 is 0. The van der Waals surface area contributed by atoms with Crippen LogP contribution in [0.5, 0.6) is 0 Å².